The van der Waals surface area contributed by atoms with Gasteiger partial charge in [-0.15, -0.1) is 11.3 Å². The number of nitrogens with one attached hydrogen (secondary N) is 1. The topological polar surface area (TPSA) is 82.3 Å². The third kappa shape index (κ3) is 3.95. The quantitative estimate of drug-likeness (QED) is 0.763. The minimum atomic E-state index is -0.281. The molecule has 1 aliphatic heterocycles. The van der Waals surface area contributed by atoms with Gasteiger partial charge in [-0.1, -0.05) is 18.6 Å². The molecule has 1 unspecified atom stereocenters. The number of carbonyl (C=O) groups excluding carboxylic acids is 1. The Labute approximate surface area is 175 Å². The summed E-state index contributed by atoms with van der Waals surface area (Å²) in [5.41, 5.74) is 2.85. The first kappa shape index (κ1) is 20.1. The summed E-state index contributed by atoms with van der Waals surface area (Å²) in [6.07, 6.45) is 3.28. The number of fused-ring (bicyclic) bond motifs is 1. The van der Waals surface area contributed by atoms with Gasteiger partial charge in [-0.05, 0) is 47.4 Å². The van der Waals surface area contributed by atoms with Crippen LogP contribution >= 0.6 is 11.3 Å². The van der Waals surface area contributed by atoms with Crippen LogP contribution in [-0.2, 0) is 17.6 Å². The summed E-state index contributed by atoms with van der Waals surface area (Å²) in [4.78, 5) is 14.0. The molecule has 1 aliphatic carbocycles. The lowest BCUT2D eigenvalue weighted by Crippen LogP contribution is -2.39. The van der Waals surface area contributed by atoms with Crippen molar-refractivity contribution in [2.24, 2.45) is 11.8 Å². The van der Waals surface area contributed by atoms with E-state index in [2.05, 4.69) is 11.4 Å². The van der Waals surface area contributed by atoms with Crippen LogP contribution in [0.4, 0.5) is 0 Å². The molecule has 6 heteroatoms. The fourth-order valence-corrected chi connectivity index (χ4v) is 5.82. The number of aliphatic hydroxyl groups excluding tert-OH is 1. The Bertz CT molecular complexity index is 932. The van der Waals surface area contributed by atoms with Crippen LogP contribution in [0, 0.1) is 23.2 Å². The normalized spacial score (nSPS) is 26.0. The van der Waals surface area contributed by atoms with Crippen molar-refractivity contribution in [2.75, 3.05) is 13.7 Å². The van der Waals surface area contributed by atoms with E-state index in [4.69, 9.17) is 10.00 Å². The third-order valence-corrected chi connectivity index (χ3v) is 7.26. The summed E-state index contributed by atoms with van der Waals surface area (Å²) in [5.74, 6) is 1.41. The summed E-state index contributed by atoms with van der Waals surface area (Å²) in [6.45, 7) is 0.733. The molecule has 4 rings (SSSR count). The maximum atomic E-state index is 13.0. The van der Waals surface area contributed by atoms with Crippen LogP contribution in [-0.4, -0.2) is 36.7 Å². The number of hydrogen-bond donors (Lipinski definition) is 2. The highest BCUT2D eigenvalue weighted by Gasteiger charge is 2.44. The smallest absolute Gasteiger partial charge is 0.155 e. The Morgan fingerprint density at radius 3 is 3.03 bits per heavy atom. The first-order chi connectivity index (χ1) is 14.1. The van der Waals surface area contributed by atoms with E-state index in [1.54, 1.807) is 18.4 Å². The number of Topliss-reactive ketones (excluding diaryl/α,β-unsaturated/α-hetero) is 1. The monoisotopic (exact) mass is 410 g/mol. The van der Waals surface area contributed by atoms with E-state index in [9.17, 15) is 9.90 Å². The van der Waals surface area contributed by atoms with Gasteiger partial charge in [0, 0.05) is 29.3 Å². The highest BCUT2D eigenvalue weighted by molar-refractivity contribution is 7.10. The molecule has 1 saturated carbocycles. The largest absolute Gasteiger partial charge is 0.496 e. The number of methoxy groups -OCH3 is 1. The second-order valence-corrected chi connectivity index (χ2v) is 8.98. The van der Waals surface area contributed by atoms with Crippen LogP contribution in [0.1, 0.15) is 29.7 Å². The first-order valence-electron chi connectivity index (χ1n) is 10.2. The summed E-state index contributed by atoms with van der Waals surface area (Å²) in [7, 11) is 1.63. The van der Waals surface area contributed by atoms with E-state index < -0.39 is 0 Å². The molecule has 2 aliphatic rings. The number of nitrogens with zero attached hydrogens (tertiary/aromatic N) is 1. The molecule has 0 bridgehead atoms. The zero-order valence-electron chi connectivity index (χ0n) is 16.6. The lowest BCUT2D eigenvalue weighted by Gasteiger charge is -2.31. The van der Waals surface area contributed by atoms with Crippen molar-refractivity contribution < 1.29 is 14.6 Å². The predicted octanol–water partition coefficient (Wildman–Crippen LogP) is 3.35. The Morgan fingerprint density at radius 2 is 2.24 bits per heavy atom. The highest BCUT2D eigenvalue weighted by Crippen LogP contribution is 2.39. The summed E-state index contributed by atoms with van der Waals surface area (Å²) >= 11 is 1.57. The van der Waals surface area contributed by atoms with E-state index in [1.165, 1.54) is 0 Å². The molecule has 5 nitrogen and oxygen atoms in total. The highest BCUT2D eigenvalue weighted by atomic mass is 32.1. The zero-order chi connectivity index (χ0) is 20.4. The van der Waals surface area contributed by atoms with Crippen molar-refractivity contribution in [1.29, 1.82) is 5.26 Å². The SMILES string of the molecule is COc1cccc(CC#N)c1-c1csc(CC(=O)C2NC[C@H]3[C@@H](O)CCC[C@@H]23)c1. The van der Waals surface area contributed by atoms with Gasteiger partial charge in [-0.2, -0.15) is 5.26 Å². The molecule has 2 aromatic rings. The number of aliphatic hydroxyl groups is 1. The number of nitriles is 1. The summed E-state index contributed by atoms with van der Waals surface area (Å²) in [6, 6.07) is 9.85. The maximum absolute atomic E-state index is 13.0. The third-order valence-electron chi connectivity index (χ3n) is 6.32. The average molecular weight is 411 g/mol. The number of carbonyl (C=O) groups is 1. The van der Waals surface area contributed by atoms with Crippen LogP contribution in [0.15, 0.2) is 29.6 Å². The van der Waals surface area contributed by atoms with Crippen LogP contribution < -0.4 is 10.1 Å². The second kappa shape index (κ2) is 8.66. The molecule has 2 N–H and O–H groups in total. The Kier molecular flexibility index (Phi) is 6.00. The molecule has 2 heterocycles. The summed E-state index contributed by atoms with van der Waals surface area (Å²) in [5, 5.41) is 24.8. The summed E-state index contributed by atoms with van der Waals surface area (Å²) < 4.78 is 5.52. The van der Waals surface area contributed by atoms with E-state index in [0.29, 0.717) is 12.8 Å². The van der Waals surface area contributed by atoms with Crippen molar-refractivity contribution in [3.8, 4) is 22.9 Å². The molecule has 2 fully saturated rings. The molecule has 4 atom stereocenters. The van der Waals surface area contributed by atoms with Gasteiger partial charge in [-0.25, -0.2) is 0 Å². The van der Waals surface area contributed by atoms with Crippen LogP contribution in [0.3, 0.4) is 0 Å². The molecule has 0 amide bonds. The van der Waals surface area contributed by atoms with Crippen molar-refractivity contribution in [3.05, 3.63) is 40.1 Å². The Hall–Kier alpha value is -2.20. The van der Waals surface area contributed by atoms with E-state index in [-0.39, 0.29) is 29.8 Å². The lowest BCUT2D eigenvalue weighted by atomic mass is 9.75. The molecule has 29 heavy (non-hydrogen) atoms. The van der Waals surface area contributed by atoms with Gasteiger partial charge in [0.25, 0.3) is 0 Å². The van der Waals surface area contributed by atoms with E-state index in [0.717, 1.165) is 53.1 Å². The molecular formula is C23H26N2O3S. The van der Waals surface area contributed by atoms with Gasteiger partial charge in [0.2, 0.25) is 0 Å². The Morgan fingerprint density at radius 1 is 1.38 bits per heavy atom. The molecule has 0 spiro atoms. The van der Waals surface area contributed by atoms with Crippen LogP contribution in [0.5, 0.6) is 5.75 Å². The van der Waals surface area contributed by atoms with Crippen molar-refractivity contribution in [1.82, 2.24) is 5.32 Å². The number of benzene rings is 1. The van der Waals surface area contributed by atoms with Crippen LogP contribution in [0.25, 0.3) is 11.1 Å². The zero-order valence-corrected chi connectivity index (χ0v) is 17.4. The number of thiophene rings is 1. The number of ether oxygens (including phenoxy) is 1. The van der Waals surface area contributed by atoms with Gasteiger partial charge in [-0.3, -0.25) is 4.79 Å². The molecule has 1 saturated heterocycles. The lowest BCUT2D eigenvalue weighted by molar-refractivity contribution is -0.121. The van der Waals surface area contributed by atoms with Crippen molar-refractivity contribution >= 4 is 17.1 Å². The van der Waals surface area contributed by atoms with E-state index in [1.807, 2.05) is 29.6 Å². The minimum absolute atomic E-state index is 0.152. The standard InChI is InChI=1S/C23H26N2O3S/c1-28-21-7-2-4-14(8-9-24)22(21)15-10-16(29-13-15)11-20(27)23-17-5-3-6-19(26)18(17)12-25-23/h2,4,7,10,13,17-19,23,25-26H,3,5-6,8,11-12H2,1H3/t17-,18-,19+,23?/m1/s1. The Balaban J connectivity index is 1.52. The van der Waals surface area contributed by atoms with Crippen molar-refractivity contribution in [2.45, 2.75) is 44.2 Å². The first-order valence-corrected chi connectivity index (χ1v) is 11.0. The molecule has 1 aromatic heterocycles. The molecular weight excluding hydrogens is 384 g/mol. The fraction of sp³-hybridized carbons (Fsp3) is 0.478. The fourth-order valence-electron chi connectivity index (χ4n) is 4.94. The number of ketones is 1. The minimum Gasteiger partial charge on any atom is -0.496 e. The van der Waals surface area contributed by atoms with Gasteiger partial charge in [0.1, 0.15) is 5.75 Å². The molecule has 152 valence electrons. The van der Waals surface area contributed by atoms with Gasteiger partial charge in [0.05, 0.1) is 31.7 Å². The van der Waals surface area contributed by atoms with Gasteiger partial charge < -0.3 is 15.2 Å². The molecule has 0 radical (unpaired) electrons. The van der Waals surface area contributed by atoms with Crippen LogP contribution in [0.2, 0.25) is 0 Å². The van der Waals surface area contributed by atoms with Gasteiger partial charge in [0.15, 0.2) is 5.78 Å². The second-order valence-electron chi connectivity index (χ2n) is 7.99. The molecule has 1 aromatic carbocycles. The average Bonchev–Trinajstić information content (AvgIpc) is 3.36. The number of rotatable bonds is 6. The predicted molar refractivity (Wildman–Crippen MR) is 113 cm³/mol. The number of hydrogen-bond acceptors (Lipinski definition) is 6. The van der Waals surface area contributed by atoms with Crippen molar-refractivity contribution in [3.63, 3.8) is 0 Å². The maximum Gasteiger partial charge on any atom is 0.155 e. The van der Waals surface area contributed by atoms with Gasteiger partial charge >= 0.3 is 0 Å². The van der Waals surface area contributed by atoms with E-state index >= 15 is 0 Å².